The first-order valence-corrected chi connectivity index (χ1v) is 10.1. The molecule has 0 atom stereocenters. The average Bonchev–Trinajstić information content (AvgIpc) is 3.13. The molecule has 0 bridgehead atoms. The standard InChI is InChI=1S/C19H18Cl2N2O5S/c1-11(24)22-7-6-13-3-5-17(29-13)16(25)10-28-18(26)9-23-19(27)14-4-2-12(20)8-15(14)21/h2-5,8H,6-7,9-10H2,1H3,(H,22,24)(H,23,27). The van der Waals surface area contributed by atoms with Crippen molar-refractivity contribution >= 4 is 58.1 Å². The number of hydrogen-bond acceptors (Lipinski definition) is 6. The van der Waals surface area contributed by atoms with Crippen LogP contribution in [0.2, 0.25) is 10.0 Å². The molecule has 0 aliphatic rings. The number of carbonyl (C=O) groups excluding carboxylic acids is 4. The van der Waals surface area contributed by atoms with Gasteiger partial charge in [-0.05, 0) is 36.8 Å². The number of hydrogen-bond donors (Lipinski definition) is 2. The Morgan fingerprint density at radius 2 is 1.83 bits per heavy atom. The first-order chi connectivity index (χ1) is 13.8. The Hall–Kier alpha value is -2.42. The summed E-state index contributed by atoms with van der Waals surface area (Å²) in [4.78, 5) is 48.2. The monoisotopic (exact) mass is 456 g/mol. The van der Waals surface area contributed by atoms with Crippen LogP contribution in [0.15, 0.2) is 30.3 Å². The van der Waals surface area contributed by atoms with Gasteiger partial charge in [-0.3, -0.25) is 19.2 Å². The lowest BCUT2D eigenvalue weighted by Crippen LogP contribution is -2.31. The SMILES string of the molecule is CC(=O)NCCc1ccc(C(=O)COC(=O)CNC(=O)c2ccc(Cl)cc2Cl)s1. The zero-order valence-corrected chi connectivity index (χ0v) is 17.7. The Morgan fingerprint density at radius 3 is 2.52 bits per heavy atom. The van der Waals surface area contributed by atoms with Gasteiger partial charge < -0.3 is 15.4 Å². The first kappa shape index (κ1) is 22.9. The third-order valence-corrected chi connectivity index (χ3v) is 5.35. The van der Waals surface area contributed by atoms with Gasteiger partial charge in [0.1, 0.15) is 6.54 Å². The second-order valence-corrected chi connectivity index (χ2v) is 7.90. The summed E-state index contributed by atoms with van der Waals surface area (Å²) >= 11 is 13.0. The number of carbonyl (C=O) groups is 4. The maximum atomic E-state index is 12.1. The zero-order chi connectivity index (χ0) is 21.4. The Balaban J connectivity index is 1.75. The number of nitrogens with one attached hydrogen (secondary N) is 2. The van der Waals surface area contributed by atoms with Gasteiger partial charge in [-0.25, -0.2) is 0 Å². The third-order valence-electron chi connectivity index (χ3n) is 3.62. The Kier molecular flexibility index (Phi) is 8.63. The number of Topliss-reactive ketones (excluding diaryl/α,β-unsaturated/α-hetero) is 1. The molecule has 7 nitrogen and oxygen atoms in total. The van der Waals surface area contributed by atoms with E-state index in [9.17, 15) is 19.2 Å². The Morgan fingerprint density at radius 1 is 1.07 bits per heavy atom. The summed E-state index contributed by atoms with van der Waals surface area (Å²) in [6.07, 6.45) is 0.608. The summed E-state index contributed by atoms with van der Waals surface area (Å²) in [6.45, 7) is 1.08. The van der Waals surface area contributed by atoms with Gasteiger partial charge in [0, 0.05) is 23.4 Å². The zero-order valence-electron chi connectivity index (χ0n) is 15.4. The Bertz CT molecular complexity index is 929. The minimum Gasteiger partial charge on any atom is -0.456 e. The fourth-order valence-corrected chi connectivity index (χ4v) is 3.64. The number of ketones is 1. The van der Waals surface area contributed by atoms with Crippen molar-refractivity contribution < 1.29 is 23.9 Å². The van der Waals surface area contributed by atoms with Gasteiger partial charge in [-0.1, -0.05) is 23.2 Å². The highest BCUT2D eigenvalue weighted by Gasteiger charge is 2.15. The van der Waals surface area contributed by atoms with Gasteiger partial charge >= 0.3 is 5.97 Å². The van der Waals surface area contributed by atoms with Crippen LogP contribution in [0.1, 0.15) is 31.8 Å². The fourth-order valence-electron chi connectivity index (χ4n) is 2.21. The van der Waals surface area contributed by atoms with E-state index in [0.717, 1.165) is 4.88 Å². The molecule has 154 valence electrons. The highest BCUT2D eigenvalue weighted by atomic mass is 35.5. The number of benzene rings is 1. The van der Waals surface area contributed by atoms with Crippen LogP contribution in [0.3, 0.4) is 0 Å². The van der Waals surface area contributed by atoms with Crippen molar-refractivity contribution in [2.75, 3.05) is 19.7 Å². The van der Waals surface area contributed by atoms with Crippen LogP contribution in [0.5, 0.6) is 0 Å². The van der Waals surface area contributed by atoms with E-state index >= 15 is 0 Å². The largest absolute Gasteiger partial charge is 0.456 e. The maximum Gasteiger partial charge on any atom is 0.325 e. The van der Waals surface area contributed by atoms with E-state index in [1.807, 2.05) is 0 Å². The smallest absolute Gasteiger partial charge is 0.325 e. The molecule has 0 unspecified atom stereocenters. The van der Waals surface area contributed by atoms with E-state index in [4.69, 9.17) is 27.9 Å². The minimum atomic E-state index is -0.751. The molecule has 0 aliphatic heterocycles. The predicted molar refractivity (Wildman–Crippen MR) is 111 cm³/mol. The molecule has 2 rings (SSSR count). The van der Waals surface area contributed by atoms with Crippen molar-refractivity contribution in [1.82, 2.24) is 10.6 Å². The molecule has 10 heteroatoms. The quantitative estimate of drug-likeness (QED) is 0.446. The third kappa shape index (κ3) is 7.49. The van der Waals surface area contributed by atoms with Crippen LogP contribution in [-0.2, 0) is 20.7 Å². The van der Waals surface area contributed by atoms with Crippen molar-refractivity contribution in [3.8, 4) is 0 Å². The van der Waals surface area contributed by atoms with Gasteiger partial charge in [0.25, 0.3) is 5.91 Å². The summed E-state index contributed by atoms with van der Waals surface area (Å²) < 4.78 is 4.91. The van der Waals surface area contributed by atoms with Gasteiger partial charge in [-0.2, -0.15) is 0 Å². The van der Waals surface area contributed by atoms with Crippen LogP contribution in [-0.4, -0.2) is 43.3 Å². The molecular formula is C19H18Cl2N2O5S. The van der Waals surface area contributed by atoms with Crippen molar-refractivity contribution in [3.05, 3.63) is 55.7 Å². The summed E-state index contributed by atoms with van der Waals surface area (Å²) in [5.74, 6) is -1.77. The van der Waals surface area contributed by atoms with Crippen molar-refractivity contribution in [1.29, 1.82) is 0 Å². The molecule has 0 fully saturated rings. The van der Waals surface area contributed by atoms with E-state index < -0.39 is 25.0 Å². The summed E-state index contributed by atoms with van der Waals surface area (Å²) in [7, 11) is 0. The summed E-state index contributed by atoms with van der Waals surface area (Å²) in [6, 6.07) is 7.80. The van der Waals surface area contributed by atoms with Crippen LogP contribution < -0.4 is 10.6 Å². The highest BCUT2D eigenvalue weighted by molar-refractivity contribution is 7.14. The van der Waals surface area contributed by atoms with Crippen LogP contribution in [0.4, 0.5) is 0 Å². The van der Waals surface area contributed by atoms with E-state index in [-0.39, 0.29) is 22.3 Å². The molecule has 0 aliphatic carbocycles. The lowest BCUT2D eigenvalue weighted by atomic mass is 10.2. The molecule has 2 aromatic rings. The maximum absolute atomic E-state index is 12.1. The van der Waals surface area contributed by atoms with E-state index in [1.165, 1.54) is 36.5 Å². The molecule has 0 saturated heterocycles. The van der Waals surface area contributed by atoms with Gasteiger partial charge in [-0.15, -0.1) is 11.3 Å². The van der Waals surface area contributed by atoms with Gasteiger partial charge in [0.2, 0.25) is 11.7 Å². The number of esters is 1. The molecule has 2 amide bonds. The van der Waals surface area contributed by atoms with Crippen molar-refractivity contribution in [2.24, 2.45) is 0 Å². The van der Waals surface area contributed by atoms with Crippen molar-refractivity contribution in [3.63, 3.8) is 0 Å². The van der Waals surface area contributed by atoms with Crippen molar-refractivity contribution in [2.45, 2.75) is 13.3 Å². The number of halogens is 2. The molecule has 1 aromatic carbocycles. The fraction of sp³-hybridized carbons (Fsp3) is 0.263. The molecule has 1 aromatic heterocycles. The first-order valence-electron chi connectivity index (χ1n) is 8.51. The summed E-state index contributed by atoms with van der Waals surface area (Å²) in [5.41, 5.74) is 0.172. The molecular weight excluding hydrogens is 439 g/mol. The summed E-state index contributed by atoms with van der Waals surface area (Å²) in [5, 5.41) is 5.60. The average molecular weight is 457 g/mol. The highest BCUT2D eigenvalue weighted by Crippen LogP contribution is 2.21. The molecule has 2 N–H and O–H groups in total. The number of rotatable bonds is 9. The minimum absolute atomic E-state index is 0.116. The molecule has 29 heavy (non-hydrogen) atoms. The number of ether oxygens (including phenoxy) is 1. The van der Waals surface area contributed by atoms with E-state index in [2.05, 4.69) is 10.6 Å². The van der Waals surface area contributed by atoms with Crippen LogP contribution in [0, 0.1) is 0 Å². The topological polar surface area (TPSA) is 102 Å². The second-order valence-electron chi connectivity index (χ2n) is 5.89. The normalized spacial score (nSPS) is 10.3. The van der Waals surface area contributed by atoms with E-state index in [1.54, 1.807) is 12.1 Å². The van der Waals surface area contributed by atoms with Gasteiger partial charge in [0.05, 0.1) is 15.5 Å². The molecule has 0 spiro atoms. The van der Waals surface area contributed by atoms with E-state index in [0.29, 0.717) is 22.9 Å². The second kappa shape index (κ2) is 10.9. The molecule has 0 radical (unpaired) electrons. The lowest BCUT2D eigenvalue weighted by molar-refractivity contribution is -0.141. The predicted octanol–water partition coefficient (Wildman–Crippen LogP) is 2.89. The molecule has 1 heterocycles. The Labute approximate surface area is 181 Å². The van der Waals surface area contributed by atoms with Crippen LogP contribution in [0.25, 0.3) is 0 Å². The molecule has 0 saturated carbocycles. The number of thiophene rings is 1. The van der Waals surface area contributed by atoms with Gasteiger partial charge in [0.15, 0.2) is 6.61 Å². The van der Waals surface area contributed by atoms with Crippen LogP contribution >= 0.6 is 34.5 Å². The number of amides is 2. The lowest BCUT2D eigenvalue weighted by Gasteiger charge is -2.07.